The predicted octanol–water partition coefficient (Wildman–Crippen LogP) is 2.11. The largest absolute Gasteiger partial charge is 0.351 e. The summed E-state index contributed by atoms with van der Waals surface area (Å²) in [5.41, 5.74) is -0.549. The number of hydrogen-bond donors (Lipinski definition) is 1. The van der Waals surface area contributed by atoms with E-state index in [2.05, 4.69) is 17.2 Å². The van der Waals surface area contributed by atoms with Gasteiger partial charge >= 0.3 is 0 Å². The lowest BCUT2D eigenvalue weighted by Gasteiger charge is -2.04. The van der Waals surface area contributed by atoms with E-state index in [0.29, 0.717) is 6.42 Å². The number of hydrogen-bond acceptors (Lipinski definition) is 1. The first-order chi connectivity index (χ1) is 7.66. The third kappa shape index (κ3) is 3.06. The molecule has 0 aliphatic carbocycles. The van der Waals surface area contributed by atoms with E-state index in [9.17, 15) is 13.6 Å². The zero-order valence-corrected chi connectivity index (χ0v) is 8.81. The van der Waals surface area contributed by atoms with Gasteiger partial charge in [-0.1, -0.05) is 6.07 Å². The second-order valence-electron chi connectivity index (χ2n) is 3.03. The zero-order chi connectivity index (χ0) is 12.0. The first-order valence-corrected chi connectivity index (χ1v) is 4.78. The van der Waals surface area contributed by atoms with Crippen molar-refractivity contribution in [3.8, 4) is 11.8 Å². The summed E-state index contributed by atoms with van der Waals surface area (Å²) >= 11 is 0. The van der Waals surface area contributed by atoms with Crippen molar-refractivity contribution in [2.45, 2.75) is 13.3 Å². The number of halogens is 2. The molecule has 1 N–H and O–H groups in total. The quantitative estimate of drug-likeness (QED) is 0.617. The molecule has 16 heavy (non-hydrogen) atoms. The maximum Gasteiger partial charge on any atom is 0.257 e. The van der Waals surface area contributed by atoms with Crippen LogP contribution in [0.1, 0.15) is 23.7 Å². The van der Waals surface area contributed by atoms with Crippen molar-refractivity contribution in [2.75, 3.05) is 6.54 Å². The Morgan fingerprint density at radius 2 is 2.00 bits per heavy atom. The number of amides is 1. The van der Waals surface area contributed by atoms with E-state index in [4.69, 9.17) is 0 Å². The van der Waals surface area contributed by atoms with Gasteiger partial charge in [-0.15, -0.1) is 11.8 Å². The Morgan fingerprint density at radius 1 is 1.38 bits per heavy atom. The fourth-order valence-corrected chi connectivity index (χ4v) is 1.17. The van der Waals surface area contributed by atoms with Crippen molar-refractivity contribution in [1.82, 2.24) is 5.32 Å². The van der Waals surface area contributed by atoms with Crippen LogP contribution in [0, 0.1) is 23.5 Å². The fourth-order valence-electron chi connectivity index (χ4n) is 1.17. The Morgan fingerprint density at radius 3 is 2.56 bits per heavy atom. The molecule has 1 aromatic rings. The molecule has 0 saturated heterocycles. The summed E-state index contributed by atoms with van der Waals surface area (Å²) in [5, 5.41) is 2.39. The summed E-state index contributed by atoms with van der Waals surface area (Å²) in [6.07, 6.45) is 0.457. The average molecular weight is 223 g/mol. The summed E-state index contributed by atoms with van der Waals surface area (Å²) in [4.78, 5) is 11.4. The van der Waals surface area contributed by atoms with Crippen LogP contribution in [0.4, 0.5) is 8.78 Å². The summed E-state index contributed by atoms with van der Waals surface area (Å²) in [5.74, 6) is 2.91. The first kappa shape index (κ1) is 12.2. The van der Waals surface area contributed by atoms with E-state index in [1.54, 1.807) is 6.92 Å². The maximum absolute atomic E-state index is 13.1. The molecular weight excluding hydrogens is 212 g/mol. The summed E-state index contributed by atoms with van der Waals surface area (Å²) in [6.45, 7) is 1.95. The molecule has 0 saturated carbocycles. The molecule has 1 amide bonds. The Hall–Kier alpha value is -1.89. The van der Waals surface area contributed by atoms with E-state index in [1.807, 2.05) is 0 Å². The predicted molar refractivity (Wildman–Crippen MR) is 56.8 cm³/mol. The third-order valence-electron chi connectivity index (χ3n) is 1.90. The molecule has 0 bridgehead atoms. The van der Waals surface area contributed by atoms with Gasteiger partial charge in [0.2, 0.25) is 0 Å². The number of carbonyl (C=O) groups excluding carboxylic acids is 1. The molecule has 2 nitrogen and oxygen atoms in total. The smallest absolute Gasteiger partial charge is 0.257 e. The van der Waals surface area contributed by atoms with Crippen molar-refractivity contribution in [3.05, 3.63) is 35.4 Å². The SMILES string of the molecule is CC#CCCNC(=O)c1c(F)cccc1F. The van der Waals surface area contributed by atoms with Gasteiger partial charge in [-0.25, -0.2) is 8.78 Å². The second kappa shape index (κ2) is 5.86. The standard InChI is InChI=1S/C12H11F2NO/c1-2-3-4-8-15-12(16)11-9(13)6-5-7-10(11)14/h5-7H,4,8H2,1H3,(H,15,16). The lowest BCUT2D eigenvalue weighted by molar-refractivity contribution is 0.0946. The number of carbonyl (C=O) groups is 1. The monoisotopic (exact) mass is 223 g/mol. The molecule has 0 heterocycles. The van der Waals surface area contributed by atoms with Crippen molar-refractivity contribution in [3.63, 3.8) is 0 Å². The first-order valence-electron chi connectivity index (χ1n) is 4.78. The van der Waals surface area contributed by atoms with Crippen LogP contribution < -0.4 is 5.32 Å². The van der Waals surface area contributed by atoms with Crippen LogP contribution in [0.25, 0.3) is 0 Å². The minimum Gasteiger partial charge on any atom is -0.351 e. The molecule has 4 heteroatoms. The molecule has 0 spiro atoms. The van der Waals surface area contributed by atoms with Gasteiger partial charge in [-0.05, 0) is 19.1 Å². The maximum atomic E-state index is 13.1. The van der Waals surface area contributed by atoms with Gasteiger partial charge < -0.3 is 5.32 Å². The fraction of sp³-hybridized carbons (Fsp3) is 0.250. The molecule has 84 valence electrons. The second-order valence-corrected chi connectivity index (χ2v) is 3.03. The Balaban J connectivity index is 2.68. The van der Waals surface area contributed by atoms with E-state index >= 15 is 0 Å². The van der Waals surface area contributed by atoms with Crippen LogP contribution in [-0.2, 0) is 0 Å². The van der Waals surface area contributed by atoms with Crippen molar-refractivity contribution < 1.29 is 13.6 Å². The minimum atomic E-state index is -0.862. The Bertz CT molecular complexity index is 426. The molecule has 1 rings (SSSR count). The molecular formula is C12H11F2NO. The lowest BCUT2D eigenvalue weighted by atomic mass is 10.2. The van der Waals surface area contributed by atoms with Gasteiger partial charge in [-0.2, -0.15) is 0 Å². The third-order valence-corrected chi connectivity index (χ3v) is 1.90. The van der Waals surface area contributed by atoms with Gasteiger partial charge in [0.25, 0.3) is 5.91 Å². The van der Waals surface area contributed by atoms with Gasteiger partial charge in [0, 0.05) is 13.0 Å². The Kier molecular flexibility index (Phi) is 4.46. The van der Waals surface area contributed by atoms with Crippen LogP contribution >= 0.6 is 0 Å². The molecule has 0 unspecified atom stereocenters. The molecule has 0 fully saturated rings. The molecule has 0 aromatic heterocycles. The normalized spacial score (nSPS) is 9.19. The van der Waals surface area contributed by atoms with Crippen LogP contribution in [0.3, 0.4) is 0 Å². The highest BCUT2D eigenvalue weighted by Crippen LogP contribution is 2.11. The number of rotatable bonds is 3. The van der Waals surface area contributed by atoms with E-state index in [1.165, 1.54) is 6.07 Å². The van der Waals surface area contributed by atoms with Gasteiger partial charge in [0.15, 0.2) is 0 Å². The number of nitrogens with one attached hydrogen (secondary N) is 1. The topological polar surface area (TPSA) is 29.1 Å². The molecule has 1 aromatic carbocycles. The van der Waals surface area contributed by atoms with Gasteiger partial charge in [0.05, 0.1) is 0 Å². The van der Waals surface area contributed by atoms with E-state index in [0.717, 1.165) is 12.1 Å². The highest BCUT2D eigenvalue weighted by molar-refractivity contribution is 5.94. The molecule has 0 radical (unpaired) electrons. The van der Waals surface area contributed by atoms with Crippen molar-refractivity contribution in [1.29, 1.82) is 0 Å². The van der Waals surface area contributed by atoms with Gasteiger partial charge in [0.1, 0.15) is 17.2 Å². The van der Waals surface area contributed by atoms with Crippen molar-refractivity contribution in [2.24, 2.45) is 0 Å². The van der Waals surface area contributed by atoms with E-state index in [-0.39, 0.29) is 6.54 Å². The Labute approximate surface area is 92.7 Å². The average Bonchev–Trinajstić information content (AvgIpc) is 2.24. The molecule has 0 aliphatic rings. The number of benzene rings is 1. The van der Waals surface area contributed by atoms with Crippen molar-refractivity contribution >= 4 is 5.91 Å². The summed E-state index contributed by atoms with van der Waals surface area (Å²) < 4.78 is 26.3. The van der Waals surface area contributed by atoms with Gasteiger partial charge in [-0.3, -0.25) is 4.79 Å². The summed E-state index contributed by atoms with van der Waals surface area (Å²) in [7, 11) is 0. The minimum absolute atomic E-state index is 0.271. The lowest BCUT2D eigenvalue weighted by Crippen LogP contribution is -2.26. The van der Waals surface area contributed by atoms with E-state index < -0.39 is 23.1 Å². The molecule has 0 aliphatic heterocycles. The van der Waals surface area contributed by atoms with Crippen LogP contribution in [0.2, 0.25) is 0 Å². The highest BCUT2D eigenvalue weighted by Gasteiger charge is 2.15. The van der Waals surface area contributed by atoms with Crippen LogP contribution in [0.15, 0.2) is 18.2 Å². The zero-order valence-electron chi connectivity index (χ0n) is 8.81. The van der Waals surface area contributed by atoms with Crippen LogP contribution in [0.5, 0.6) is 0 Å². The molecule has 0 atom stereocenters. The summed E-state index contributed by atoms with van der Waals surface area (Å²) in [6, 6.07) is 3.30. The van der Waals surface area contributed by atoms with Crippen LogP contribution in [-0.4, -0.2) is 12.5 Å². The highest BCUT2D eigenvalue weighted by atomic mass is 19.1.